The summed E-state index contributed by atoms with van der Waals surface area (Å²) in [5.41, 5.74) is 1.90. The molecule has 6 heteroatoms. The van der Waals surface area contributed by atoms with Gasteiger partial charge in [0.25, 0.3) is 0 Å². The molecule has 0 bridgehead atoms. The number of aryl methyl sites for hydroxylation is 2. The van der Waals surface area contributed by atoms with Crippen LogP contribution in [0.5, 0.6) is 0 Å². The molecule has 0 aliphatic rings. The summed E-state index contributed by atoms with van der Waals surface area (Å²) >= 11 is 12.0. The van der Waals surface area contributed by atoms with Crippen molar-refractivity contribution in [2.24, 2.45) is 0 Å². The zero-order chi connectivity index (χ0) is 18.2. The Morgan fingerprint density at radius 3 is 2.48 bits per heavy atom. The van der Waals surface area contributed by atoms with Crippen molar-refractivity contribution in [2.45, 2.75) is 25.7 Å². The lowest BCUT2D eigenvalue weighted by atomic mass is 10.0. The van der Waals surface area contributed by atoms with Crippen molar-refractivity contribution < 1.29 is 14.7 Å². The number of hydrogen-bond acceptors (Lipinski definition) is 2. The lowest BCUT2D eigenvalue weighted by molar-refractivity contribution is -0.121. The molecule has 2 aromatic rings. The Kier molecular flexibility index (Phi) is 7.29. The fraction of sp³-hybridized carbons (Fsp3) is 0.263. The molecule has 1 amide bonds. The van der Waals surface area contributed by atoms with Crippen molar-refractivity contribution in [1.82, 2.24) is 5.32 Å². The molecule has 2 rings (SSSR count). The van der Waals surface area contributed by atoms with Gasteiger partial charge in [-0.3, -0.25) is 4.79 Å². The number of carboxylic acid groups (broad SMARTS) is 1. The Hall–Kier alpha value is -2.04. The first-order chi connectivity index (χ1) is 12.0. The average Bonchev–Trinajstić information content (AvgIpc) is 2.58. The van der Waals surface area contributed by atoms with Crippen LogP contribution >= 0.6 is 23.2 Å². The van der Waals surface area contributed by atoms with Crippen LogP contribution in [0.3, 0.4) is 0 Å². The highest BCUT2D eigenvalue weighted by molar-refractivity contribution is 6.35. The smallest absolute Gasteiger partial charge is 0.335 e. The van der Waals surface area contributed by atoms with Crippen LogP contribution in [0.4, 0.5) is 0 Å². The number of nitrogens with one attached hydrogen (secondary N) is 1. The number of carbonyl (C=O) groups is 2. The minimum Gasteiger partial charge on any atom is -0.478 e. The van der Waals surface area contributed by atoms with Gasteiger partial charge in [0.05, 0.1) is 5.56 Å². The molecule has 0 spiro atoms. The first-order valence-corrected chi connectivity index (χ1v) is 8.75. The molecular formula is C19H19Cl2NO3. The third kappa shape index (κ3) is 6.07. The van der Waals surface area contributed by atoms with Crippen LogP contribution in [0.15, 0.2) is 42.5 Å². The molecule has 4 nitrogen and oxygen atoms in total. The lowest BCUT2D eigenvalue weighted by Crippen LogP contribution is -2.25. The van der Waals surface area contributed by atoms with Gasteiger partial charge in [-0.25, -0.2) is 4.79 Å². The second-order valence-electron chi connectivity index (χ2n) is 5.65. The van der Waals surface area contributed by atoms with Crippen LogP contribution < -0.4 is 5.32 Å². The highest BCUT2D eigenvalue weighted by Crippen LogP contribution is 2.21. The van der Waals surface area contributed by atoms with Gasteiger partial charge in [-0.1, -0.05) is 47.5 Å². The quantitative estimate of drug-likeness (QED) is 0.669. The molecule has 0 saturated carbocycles. The normalized spacial score (nSPS) is 10.5. The molecule has 0 fully saturated rings. The molecule has 0 aliphatic heterocycles. The molecule has 0 radical (unpaired) electrons. The van der Waals surface area contributed by atoms with Crippen molar-refractivity contribution in [3.05, 3.63) is 69.2 Å². The van der Waals surface area contributed by atoms with Crippen LogP contribution in [0.25, 0.3) is 0 Å². The van der Waals surface area contributed by atoms with Gasteiger partial charge < -0.3 is 10.4 Å². The van der Waals surface area contributed by atoms with Crippen molar-refractivity contribution in [3.63, 3.8) is 0 Å². The van der Waals surface area contributed by atoms with E-state index in [1.165, 1.54) is 0 Å². The van der Waals surface area contributed by atoms with E-state index in [1.807, 2.05) is 6.07 Å². The van der Waals surface area contributed by atoms with Crippen LogP contribution in [0.1, 0.15) is 34.3 Å². The first kappa shape index (κ1) is 19.3. The van der Waals surface area contributed by atoms with E-state index in [9.17, 15) is 9.59 Å². The maximum atomic E-state index is 11.9. The Morgan fingerprint density at radius 1 is 1.00 bits per heavy atom. The maximum Gasteiger partial charge on any atom is 0.335 e. The van der Waals surface area contributed by atoms with Gasteiger partial charge in [0.15, 0.2) is 0 Å². The number of hydrogen-bond donors (Lipinski definition) is 2. The van der Waals surface area contributed by atoms with Crippen molar-refractivity contribution in [3.8, 4) is 0 Å². The highest BCUT2D eigenvalue weighted by atomic mass is 35.5. The predicted octanol–water partition coefficient (Wildman–Crippen LogP) is 4.37. The lowest BCUT2D eigenvalue weighted by Gasteiger charge is -2.08. The molecule has 132 valence electrons. The highest BCUT2D eigenvalue weighted by Gasteiger charge is 2.10. The van der Waals surface area contributed by atoms with E-state index in [-0.39, 0.29) is 17.9 Å². The van der Waals surface area contributed by atoms with E-state index >= 15 is 0 Å². The first-order valence-electron chi connectivity index (χ1n) is 7.99. The molecule has 0 atom stereocenters. The largest absolute Gasteiger partial charge is 0.478 e. The summed E-state index contributed by atoms with van der Waals surface area (Å²) in [7, 11) is 0. The molecule has 0 heterocycles. The fourth-order valence-corrected chi connectivity index (χ4v) is 3.02. The third-order valence-corrected chi connectivity index (χ3v) is 4.42. The Bertz CT molecular complexity index is 762. The zero-order valence-electron chi connectivity index (χ0n) is 13.6. The van der Waals surface area contributed by atoms with Crippen LogP contribution in [-0.2, 0) is 17.6 Å². The van der Waals surface area contributed by atoms with Gasteiger partial charge in [-0.2, -0.15) is 0 Å². The van der Waals surface area contributed by atoms with Crippen molar-refractivity contribution >= 4 is 35.1 Å². The maximum absolute atomic E-state index is 11.9. The van der Waals surface area contributed by atoms with Gasteiger partial charge in [-0.15, -0.1) is 0 Å². The third-order valence-electron chi connectivity index (χ3n) is 3.83. The standard InChI is InChI=1S/C19H19Cl2NO3/c20-15-9-7-14(17(21)12-15)5-3-11-22-18(23)10-8-13-4-1-2-6-16(13)19(24)25/h1-2,4,6-7,9,12H,3,5,8,10-11H2,(H,22,23)(H,24,25). The molecule has 0 saturated heterocycles. The van der Waals surface area contributed by atoms with Gasteiger partial charge in [0, 0.05) is 23.0 Å². The Labute approximate surface area is 156 Å². The molecule has 0 aromatic heterocycles. The molecule has 0 unspecified atom stereocenters. The summed E-state index contributed by atoms with van der Waals surface area (Å²) in [5, 5.41) is 13.2. The number of carbonyl (C=O) groups excluding carboxylic acids is 1. The number of halogens is 2. The van der Waals surface area contributed by atoms with Gasteiger partial charge in [0.1, 0.15) is 0 Å². The minimum atomic E-state index is -0.976. The molecule has 2 N–H and O–H groups in total. The van der Waals surface area contributed by atoms with E-state index in [0.717, 1.165) is 18.4 Å². The number of carboxylic acids is 1. The van der Waals surface area contributed by atoms with E-state index in [4.69, 9.17) is 28.3 Å². The average molecular weight is 380 g/mol. The molecule has 0 aliphatic carbocycles. The summed E-state index contributed by atoms with van der Waals surface area (Å²) in [6, 6.07) is 12.1. The molecule has 25 heavy (non-hydrogen) atoms. The number of amides is 1. The summed E-state index contributed by atoms with van der Waals surface area (Å²) in [4.78, 5) is 23.1. The zero-order valence-corrected chi connectivity index (χ0v) is 15.1. The minimum absolute atomic E-state index is 0.0950. The van der Waals surface area contributed by atoms with Gasteiger partial charge in [-0.05, 0) is 48.6 Å². The predicted molar refractivity (Wildman–Crippen MR) is 99.5 cm³/mol. The molecule has 2 aromatic carbocycles. The van der Waals surface area contributed by atoms with E-state index < -0.39 is 5.97 Å². The van der Waals surface area contributed by atoms with Crippen molar-refractivity contribution in [1.29, 1.82) is 0 Å². The Balaban J connectivity index is 1.73. The number of rotatable bonds is 8. The van der Waals surface area contributed by atoms with Crippen LogP contribution in [0.2, 0.25) is 10.0 Å². The summed E-state index contributed by atoms with van der Waals surface area (Å²) < 4.78 is 0. The van der Waals surface area contributed by atoms with E-state index in [0.29, 0.717) is 28.6 Å². The second-order valence-corrected chi connectivity index (χ2v) is 6.50. The SMILES string of the molecule is O=C(CCc1ccccc1C(=O)O)NCCCc1ccc(Cl)cc1Cl. The Morgan fingerprint density at radius 2 is 1.76 bits per heavy atom. The van der Waals surface area contributed by atoms with Crippen LogP contribution in [-0.4, -0.2) is 23.5 Å². The van der Waals surface area contributed by atoms with E-state index in [2.05, 4.69) is 5.32 Å². The fourth-order valence-electron chi connectivity index (χ4n) is 2.51. The van der Waals surface area contributed by atoms with Crippen molar-refractivity contribution in [2.75, 3.05) is 6.54 Å². The van der Waals surface area contributed by atoms with Gasteiger partial charge >= 0.3 is 5.97 Å². The van der Waals surface area contributed by atoms with E-state index in [1.54, 1.807) is 36.4 Å². The van der Waals surface area contributed by atoms with Crippen LogP contribution in [0, 0.1) is 0 Å². The number of aromatic carboxylic acids is 1. The summed E-state index contributed by atoms with van der Waals surface area (Å²) in [6.07, 6.45) is 2.17. The van der Waals surface area contributed by atoms with Gasteiger partial charge in [0.2, 0.25) is 5.91 Å². The molecular weight excluding hydrogens is 361 g/mol. The second kappa shape index (κ2) is 9.44. The summed E-state index contributed by atoms with van der Waals surface area (Å²) in [6.45, 7) is 0.540. The topological polar surface area (TPSA) is 66.4 Å². The number of benzene rings is 2. The summed E-state index contributed by atoms with van der Waals surface area (Å²) in [5.74, 6) is -1.07. The monoisotopic (exact) mass is 379 g/mol.